The SMILES string of the molecule is Cc1cc(Cl)nc(Cn2cc(F)c(=O)[nH]c2=O)n1. The zero-order valence-electron chi connectivity index (χ0n) is 9.28. The molecular formula is C10H8ClFN4O2. The van der Waals surface area contributed by atoms with Crippen LogP contribution >= 0.6 is 11.6 Å². The van der Waals surface area contributed by atoms with Crippen LogP contribution in [0.15, 0.2) is 21.9 Å². The van der Waals surface area contributed by atoms with Gasteiger partial charge in [0.1, 0.15) is 11.0 Å². The van der Waals surface area contributed by atoms with Crippen molar-refractivity contribution in [2.45, 2.75) is 13.5 Å². The molecule has 0 spiro atoms. The molecule has 6 nitrogen and oxygen atoms in total. The highest BCUT2D eigenvalue weighted by Gasteiger charge is 2.07. The lowest BCUT2D eigenvalue weighted by Gasteiger charge is -2.05. The first-order valence-corrected chi connectivity index (χ1v) is 5.33. The summed E-state index contributed by atoms with van der Waals surface area (Å²) < 4.78 is 14.0. The maximum absolute atomic E-state index is 13.1. The van der Waals surface area contributed by atoms with E-state index in [1.54, 1.807) is 13.0 Å². The fourth-order valence-electron chi connectivity index (χ4n) is 1.41. The second-order valence-corrected chi connectivity index (χ2v) is 4.00. The fourth-order valence-corrected chi connectivity index (χ4v) is 1.67. The maximum Gasteiger partial charge on any atom is 0.328 e. The molecular weight excluding hydrogens is 263 g/mol. The molecule has 18 heavy (non-hydrogen) atoms. The first-order chi connectivity index (χ1) is 8.45. The highest BCUT2D eigenvalue weighted by molar-refractivity contribution is 6.29. The fraction of sp³-hybridized carbons (Fsp3) is 0.200. The summed E-state index contributed by atoms with van der Waals surface area (Å²) in [6.07, 6.45) is 0.806. The van der Waals surface area contributed by atoms with Gasteiger partial charge in [0.25, 0.3) is 5.56 Å². The van der Waals surface area contributed by atoms with Gasteiger partial charge < -0.3 is 0 Å². The van der Waals surface area contributed by atoms with Crippen molar-refractivity contribution in [3.05, 3.63) is 55.6 Å². The molecule has 2 aromatic rings. The van der Waals surface area contributed by atoms with Crippen molar-refractivity contribution in [1.29, 1.82) is 0 Å². The lowest BCUT2D eigenvalue weighted by Crippen LogP contribution is -2.32. The van der Waals surface area contributed by atoms with E-state index in [0.717, 1.165) is 10.8 Å². The molecule has 0 atom stereocenters. The van der Waals surface area contributed by atoms with Gasteiger partial charge in [0, 0.05) is 5.69 Å². The van der Waals surface area contributed by atoms with Gasteiger partial charge in [-0.15, -0.1) is 0 Å². The van der Waals surface area contributed by atoms with Crippen LogP contribution in [0.2, 0.25) is 5.15 Å². The molecule has 0 radical (unpaired) electrons. The molecule has 0 aliphatic rings. The number of hydrogen-bond donors (Lipinski definition) is 1. The van der Waals surface area contributed by atoms with Crippen molar-refractivity contribution in [2.24, 2.45) is 0 Å². The summed E-state index contributed by atoms with van der Waals surface area (Å²) in [6, 6.07) is 1.56. The van der Waals surface area contributed by atoms with Gasteiger partial charge in [0.15, 0.2) is 0 Å². The van der Waals surface area contributed by atoms with Crippen LogP contribution in [0.1, 0.15) is 11.5 Å². The van der Waals surface area contributed by atoms with E-state index in [1.165, 1.54) is 0 Å². The molecule has 0 amide bonds. The molecule has 8 heteroatoms. The second kappa shape index (κ2) is 4.69. The average Bonchev–Trinajstić information content (AvgIpc) is 2.24. The van der Waals surface area contributed by atoms with Crippen LogP contribution in [0.4, 0.5) is 4.39 Å². The lowest BCUT2D eigenvalue weighted by molar-refractivity contribution is 0.561. The summed E-state index contributed by atoms with van der Waals surface area (Å²) in [5.41, 5.74) is -1.16. The van der Waals surface area contributed by atoms with Gasteiger partial charge in [-0.2, -0.15) is 4.39 Å². The standard InChI is InChI=1S/C10H8ClFN4O2/c1-5-2-7(11)14-8(13-5)4-16-3-6(12)9(17)15-10(16)18/h2-3H,4H2,1H3,(H,15,17,18). The van der Waals surface area contributed by atoms with Gasteiger partial charge in [-0.1, -0.05) is 11.6 Å². The molecule has 94 valence electrons. The van der Waals surface area contributed by atoms with E-state index in [2.05, 4.69) is 9.97 Å². The zero-order chi connectivity index (χ0) is 13.3. The molecule has 2 aromatic heterocycles. The number of aromatic amines is 1. The van der Waals surface area contributed by atoms with E-state index >= 15 is 0 Å². The van der Waals surface area contributed by atoms with Gasteiger partial charge in [-0.25, -0.2) is 14.8 Å². The molecule has 2 heterocycles. The molecule has 0 unspecified atom stereocenters. The molecule has 0 aromatic carbocycles. The van der Waals surface area contributed by atoms with E-state index in [0.29, 0.717) is 5.69 Å². The van der Waals surface area contributed by atoms with Crippen LogP contribution in [-0.2, 0) is 6.54 Å². The van der Waals surface area contributed by atoms with Crippen LogP contribution in [-0.4, -0.2) is 19.5 Å². The van der Waals surface area contributed by atoms with Crippen molar-refractivity contribution >= 4 is 11.6 Å². The first-order valence-electron chi connectivity index (χ1n) is 4.95. The Balaban J connectivity index is 2.43. The maximum atomic E-state index is 13.1. The van der Waals surface area contributed by atoms with Gasteiger partial charge in [-0.05, 0) is 13.0 Å². The number of H-pyrrole nitrogens is 1. The third-order valence-corrected chi connectivity index (χ3v) is 2.34. The van der Waals surface area contributed by atoms with Crippen LogP contribution < -0.4 is 11.2 Å². The first kappa shape index (κ1) is 12.4. The van der Waals surface area contributed by atoms with Gasteiger partial charge >= 0.3 is 5.69 Å². The Morgan fingerprint density at radius 2 is 2.17 bits per heavy atom. The Bertz CT molecular complexity index is 690. The van der Waals surface area contributed by atoms with Crippen molar-refractivity contribution in [3.63, 3.8) is 0 Å². The molecule has 0 aliphatic carbocycles. The summed E-state index contributed by atoms with van der Waals surface area (Å²) in [6.45, 7) is 1.64. The quantitative estimate of drug-likeness (QED) is 0.805. The van der Waals surface area contributed by atoms with Crippen molar-refractivity contribution in [2.75, 3.05) is 0 Å². The Morgan fingerprint density at radius 3 is 2.83 bits per heavy atom. The zero-order valence-corrected chi connectivity index (χ0v) is 10.0. The largest absolute Gasteiger partial charge is 0.328 e. The van der Waals surface area contributed by atoms with Gasteiger partial charge in [-0.3, -0.25) is 14.3 Å². The van der Waals surface area contributed by atoms with E-state index in [1.807, 2.05) is 4.98 Å². The normalized spacial score (nSPS) is 10.6. The highest BCUT2D eigenvalue weighted by atomic mass is 35.5. The summed E-state index contributed by atoms with van der Waals surface area (Å²) in [7, 11) is 0. The molecule has 1 N–H and O–H groups in total. The topological polar surface area (TPSA) is 80.6 Å². The number of rotatable bonds is 2. The number of nitrogens with zero attached hydrogens (tertiary/aromatic N) is 3. The Kier molecular flexibility index (Phi) is 3.24. The van der Waals surface area contributed by atoms with Crippen LogP contribution in [0.5, 0.6) is 0 Å². The summed E-state index contributed by atoms with van der Waals surface area (Å²) >= 11 is 5.74. The predicted octanol–water partition coefficient (Wildman–Crippen LogP) is 0.476. The van der Waals surface area contributed by atoms with Gasteiger partial charge in [0.05, 0.1) is 12.7 Å². The van der Waals surface area contributed by atoms with Crippen LogP contribution in [0.25, 0.3) is 0 Å². The monoisotopic (exact) mass is 270 g/mol. The number of aryl methyl sites for hydroxylation is 1. The molecule has 0 saturated heterocycles. The minimum Gasteiger partial charge on any atom is -0.290 e. The third-order valence-electron chi connectivity index (χ3n) is 2.15. The lowest BCUT2D eigenvalue weighted by atomic mass is 10.4. The molecule has 0 fully saturated rings. The molecule has 2 rings (SSSR count). The average molecular weight is 271 g/mol. The van der Waals surface area contributed by atoms with E-state index in [4.69, 9.17) is 11.6 Å². The van der Waals surface area contributed by atoms with E-state index < -0.39 is 17.1 Å². The van der Waals surface area contributed by atoms with Crippen molar-refractivity contribution in [1.82, 2.24) is 19.5 Å². The van der Waals surface area contributed by atoms with Crippen molar-refractivity contribution in [3.8, 4) is 0 Å². The van der Waals surface area contributed by atoms with Crippen LogP contribution in [0, 0.1) is 12.7 Å². The Hall–Kier alpha value is -2.02. The predicted molar refractivity (Wildman–Crippen MR) is 62.2 cm³/mol. The Morgan fingerprint density at radius 1 is 1.44 bits per heavy atom. The van der Waals surface area contributed by atoms with Crippen LogP contribution in [0.3, 0.4) is 0 Å². The molecule has 0 aliphatic heterocycles. The summed E-state index contributed by atoms with van der Waals surface area (Å²) in [4.78, 5) is 32.1. The number of aromatic nitrogens is 4. The minimum atomic E-state index is -1.06. The smallest absolute Gasteiger partial charge is 0.290 e. The highest BCUT2D eigenvalue weighted by Crippen LogP contribution is 2.06. The number of hydrogen-bond acceptors (Lipinski definition) is 4. The second-order valence-electron chi connectivity index (χ2n) is 3.61. The van der Waals surface area contributed by atoms with E-state index in [-0.39, 0.29) is 17.5 Å². The molecule has 0 saturated carbocycles. The van der Waals surface area contributed by atoms with E-state index in [9.17, 15) is 14.0 Å². The number of halogens is 2. The number of nitrogens with one attached hydrogen (secondary N) is 1. The van der Waals surface area contributed by atoms with Crippen molar-refractivity contribution < 1.29 is 4.39 Å². The van der Waals surface area contributed by atoms with Gasteiger partial charge in [0.2, 0.25) is 5.82 Å². The minimum absolute atomic E-state index is 0.0755. The third kappa shape index (κ3) is 2.62. The molecule has 0 bridgehead atoms. The Labute approximate surface area is 105 Å². The summed E-state index contributed by atoms with van der Waals surface area (Å²) in [5, 5.41) is 0.232. The summed E-state index contributed by atoms with van der Waals surface area (Å²) in [5.74, 6) is -0.790.